The highest BCUT2D eigenvalue weighted by atomic mass is 16.5. The van der Waals surface area contributed by atoms with Crippen molar-refractivity contribution in [2.24, 2.45) is 0 Å². The molecule has 14 heavy (non-hydrogen) atoms. The highest BCUT2D eigenvalue weighted by molar-refractivity contribution is 5.57. The number of aromatic hydroxyl groups is 1. The van der Waals surface area contributed by atoms with E-state index in [1.807, 2.05) is 0 Å². The van der Waals surface area contributed by atoms with Gasteiger partial charge in [-0.15, -0.1) is 0 Å². The summed E-state index contributed by atoms with van der Waals surface area (Å²) in [5, 5.41) is 15.7. The van der Waals surface area contributed by atoms with Gasteiger partial charge in [0, 0.05) is 12.6 Å². The van der Waals surface area contributed by atoms with Crippen LogP contribution >= 0.6 is 0 Å². The van der Waals surface area contributed by atoms with E-state index in [1.54, 1.807) is 31.3 Å². The van der Waals surface area contributed by atoms with E-state index in [2.05, 4.69) is 15.5 Å². The maximum atomic E-state index is 9.24. The van der Waals surface area contributed by atoms with Gasteiger partial charge in [-0.1, -0.05) is 17.3 Å². The second kappa shape index (κ2) is 3.37. The molecule has 0 atom stereocenters. The average molecular weight is 191 g/mol. The first-order valence-corrected chi connectivity index (χ1v) is 4.10. The van der Waals surface area contributed by atoms with Crippen LogP contribution in [-0.4, -0.2) is 22.3 Å². The molecule has 0 fully saturated rings. The van der Waals surface area contributed by atoms with Crippen molar-refractivity contribution in [2.75, 3.05) is 12.4 Å². The lowest BCUT2D eigenvalue weighted by atomic mass is 10.2. The molecule has 0 amide bonds. The van der Waals surface area contributed by atoms with Crippen LogP contribution in [0, 0.1) is 0 Å². The Morgan fingerprint density at radius 3 is 2.93 bits per heavy atom. The zero-order valence-electron chi connectivity index (χ0n) is 7.56. The van der Waals surface area contributed by atoms with Crippen LogP contribution in [0.3, 0.4) is 0 Å². The number of aromatic nitrogens is 2. The van der Waals surface area contributed by atoms with E-state index in [4.69, 9.17) is 4.52 Å². The third-order valence-electron chi connectivity index (χ3n) is 1.74. The zero-order valence-corrected chi connectivity index (χ0v) is 7.56. The van der Waals surface area contributed by atoms with Gasteiger partial charge in [-0.3, -0.25) is 0 Å². The standard InChI is InChI=1S/C9H9N3O2/c1-10-9-11-8(12-14-9)6-3-2-4-7(13)5-6/h2-5,13H,1H3,(H,10,11,12). The van der Waals surface area contributed by atoms with Gasteiger partial charge in [-0.05, 0) is 12.1 Å². The van der Waals surface area contributed by atoms with Gasteiger partial charge >= 0.3 is 6.01 Å². The van der Waals surface area contributed by atoms with Crippen molar-refractivity contribution in [3.05, 3.63) is 24.3 Å². The topological polar surface area (TPSA) is 71.2 Å². The molecule has 5 nitrogen and oxygen atoms in total. The van der Waals surface area contributed by atoms with Crippen LogP contribution in [0.25, 0.3) is 11.4 Å². The summed E-state index contributed by atoms with van der Waals surface area (Å²) in [4.78, 5) is 4.04. The summed E-state index contributed by atoms with van der Waals surface area (Å²) in [5.41, 5.74) is 0.718. The Hall–Kier alpha value is -2.04. The number of nitrogens with one attached hydrogen (secondary N) is 1. The molecule has 0 saturated heterocycles. The highest BCUT2D eigenvalue weighted by Gasteiger charge is 2.06. The minimum atomic E-state index is 0.179. The molecule has 5 heteroatoms. The Balaban J connectivity index is 2.39. The number of nitrogens with zero attached hydrogens (tertiary/aromatic N) is 2. The van der Waals surface area contributed by atoms with E-state index in [0.717, 1.165) is 5.56 Å². The molecule has 1 heterocycles. The van der Waals surface area contributed by atoms with Crippen LogP contribution in [-0.2, 0) is 0 Å². The van der Waals surface area contributed by atoms with Crippen LogP contribution in [0.5, 0.6) is 5.75 Å². The third-order valence-corrected chi connectivity index (χ3v) is 1.74. The minimum Gasteiger partial charge on any atom is -0.508 e. The first-order valence-electron chi connectivity index (χ1n) is 4.10. The van der Waals surface area contributed by atoms with Crippen LogP contribution < -0.4 is 5.32 Å². The zero-order chi connectivity index (χ0) is 9.97. The Morgan fingerprint density at radius 1 is 1.43 bits per heavy atom. The molecular formula is C9H9N3O2. The van der Waals surface area contributed by atoms with Gasteiger partial charge in [0.25, 0.3) is 0 Å². The Morgan fingerprint density at radius 2 is 2.29 bits per heavy atom. The molecule has 0 aliphatic carbocycles. The van der Waals surface area contributed by atoms with E-state index in [9.17, 15) is 5.11 Å². The van der Waals surface area contributed by atoms with E-state index >= 15 is 0 Å². The van der Waals surface area contributed by atoms with Gasteiger partial charge < -0.3 is 14.9 Å². The van der Waals surface area contributed by atoms with E-state index in [1.165, 1.54) is 0 Å². The number of hydrogen-bond donors (Lipinski definition) is 2. The molecule has 2 rings (SSSR count). The van der Waals surface area contributed by atoms with Crippen LogP contribution in [0.15, 0.2) is 28.8 Å². The van der Waals surface area contributed by atoms with Gasteiger partial charge in [-0.25, -0.2) is 0 Å². The molecular weight excluding hydrogens is 182 g/mol. The third kappa shape index (κ3) is 1.52. The van der Waals surface area contributed by atoms with Crippen molar-refractivity contribution < 1.29 is 9.63 Å². The lowest BCUT2D eigenvalue weighted by molar-refractivity contribution is 0.434. The van der Waals surface area contributed by atoms with Crippen molar-refractivity contribution in [3.63, 3.8) is 0 Å². The SMILES string of the molecule is CNc1nc(-c2cccc(O)c2)no1. The number of benzene rings is 1. The van der Waals surface area contributed by atoms with Gasteiger partial charge in [0.1, 0.15) is 5.75 Å². The van der Waals surface area contributed by atoms with Gasteiger partial charge in [-0.2, -0.15) is 4.98 Å². The first-order chi connectivity index (χ1) is 6.79. The predicted molar refractivity (Wildman–Crippen MR) is 50.9 cm³/mol. The summed E-state index contributed by atoms with van der Waals surface area (Å²) >= 11 is 0. The summed E-state index contributed by atoms with van der Waals surface area (Å²) in [6.07, 6.45) is 0. The second-order valence-electron chi connectivity index (χ2n) is 2.72. The molecule has 0 unspecified atom stereocenters. The highest BCUT2D eigenvalue weighted by Crippen LogP contribution is 2.21. The van der Waals surface area contributed by atoms with Gasteiger partial charge in [0.05, 0.1) is 0 Å². The van der Waals surface area contributed by atoms with Crippen molar-refractivity contribution in [1.29, 1.82) is 0 Å². The number of phenolic OH excluding ortho intramolecular Hbond substituents is 1. The molecule has 2 aromatic rings. The number of rotatable bonds is 2. The Bertz CT molecular complexity index is 439. The van der Waals surface area contributed by atoms with Crippen molar-refractivity contribution in [2.45, 2.75) is 0 Å². The van der Waals surface area contributed by atoms with E-state index < -0.39 is 0 Å². The number of hydrogen-bond acceptors (Lipinski definition) is 5. The predicted octanol–water partition coefficient (Wildman–Crippen LogP) is 1.48. The maximum Gasteiger partial charge on any atom is 0.321 e. The summed E-state index contributed by atoms with van der Waals surface area (Å²) in [5.74, 6) is 0.628. The van der Waals surface area contributed by atoms with Crippen LogP contribution in [0.2, 0.25) is 0 Å². The van der Waals surface area contributed by atoms with E-state index in [0.29, 0.717) is 11.8 Å². The lowest BCUT2D eigenvalue weighted by Crippen LogP contribution is -1.86. The number of phenols is 1. The normalized spacial score (nSPS) is 10.1. The van der Waals surface area contributed by atoms with Gasteiger partial charge in [0.15, 0.2) is 0 Å². The van der Waals surface area contributed by atoms with Crippen molar-refractivity contribution in [1.82, 2.24) is 10.1 Å². The fourth-order valence-corrected chi connectivity index (χ4v) is 1.09. The Labute approximate surface area is 80.4 Å². The lowest BCUT2D eigenvalue weighted by Gasteiger charge is -1.94. The monoisotopic (exact) mass is 191 g/mol. The summed E-state index contributed by atoms with van der Waals surface area (Å²) in [6.45, 7) is 0. The Kier molecular flexibility index (Phi) is 2.06. The molecule has 0 bridgehead atoms. The first kappa shape index (κ1) is 8.55. The van der Waals surface area contributed by atoms with Crippen LogP contribution in [0.1, 0.15) is 0 Å². The summed E-state index contributed by atoms with van der Waals surface area (Å²) < 4.78 is 4.85. The molecule has 0 radical (unpaired) electrons. The maximum absolute atomic E-state index is 9.24. The van der Waals surface area contributed by atoms with Crippen molar-refractivity contribution in [3.8, 4) is 17.1 Å². The largest absolute Gasteiger partial charge is 0.508 e. The average Bonchev–Trinajstić information content (AvgIpc) is 2.66. The fourth-order valence-electron chi connectivity index (χ4n) is 1.09. The molecule has 2 N–H and O–H groups in total. The summed E-state index contributed by atoms with van der Waals surface area (Å²) in [7, 11) is 1.69. The molecule has 72 valence electrons. The molecule has 0 aliphatic heterocycles. The molecule has 1 aromatic heterocycles. The fraction of sp³-hybridized carbons (Fsp3) is 0.111. The number of anilines is 1. The molecule has 0 aliphatic rings. The molecule has 1 aromatic carbocycles. The summed E-state index contributed by atoms with van der Waals surface area (Å²) in [6, 6.07) is 7.03. The second-order valence-corrected chi connectivity index (χ2v) is 2.72. The van der Waals surface area contributed by atoms with Gasteiger partial charge in [0.2, 0.25) is 5.82 Å². The van der Waals surface area contributed by atoms with E-state index in [-0.39, 0.29) is 5.75 Å². The van der Waals surface area contributed by atoms with Crippen molar-refractivity contribution >= 4 is 6.01 Å². The van der Waals surface area contributed by atoms with Crippen LogP contribution in [0.4, 0.5) is 6.01 Å². The molecule has 0 spiro atoms. The smallest absolute Gasteiger partial charge is 0.321 e. The minimum absolute atomic E-state index is 0.179. The quantitative estimate of drug-likeness (QED) is 0.752. The molecule has 0 saturated carbocycles.